The number of benzene rings is 1. The number of hydrogen-bond acceptors (Lipinski definition) is 6. The average Bonchev–Trinajstić information content (AvgIpc) is 3.03. The van der Waals surface area contributed by atoms with Gasteiger partial charge in [0.25, 0.3) is 5.56 Å². The smallest absolute Gasteiger partial charge is 0.289 e. The second-order valence-electron chi connectivity index (χ2n) is 7.38. The van der Waals surface area contributed by atoms with E-state index in [0.29, 0.717) is 5.01 Å². The monoisotopic (exact) mass is 404 g/mol. The Bertz CT molecular complexity index is 1020. The molecule has 0 radical (unpaired) electrons. The largest absolute Gasteiger partial charge is 0.483 e. The molecule has 8 heteroatoms. The van der Waals surface area contributed by atoms with Crippen LogP contribution in [-0.4, -0.2) is 20.0 Å². The Labute approximate surface area is 166 Å². The first-order valence-electron chi connectivity index (χ1n) is 8.47. The Balaban J connectivity index is 1.78. The summed E-state index contributed by atoms with van der Waals surface area (Å²) in [6.45, 7) is 9.92. The van der Waals surface area contributed by atoms with Gasteiger partial charge >= 0.3 is 0 Å². The number of hydrogen-bond donors (Lipinski definition) is 0. The summed E-state index contributed by atoms with van der Waals surface area (Å²) in [7, 11) is 0. The topological polar surface area (TPSA) is 69.9 Å². The molecule has 1 aromatic carbocycles. The minimum absolute atomic E-state index is 0.0129. The molecule has 0 spiro atoms. The van der Waals surface area contributed by atoms with Crippen LogP contribution in [0.4, 0.5) is 0 Å². The molecule has 2 heterocycles. The highest BCUT2D eigenvalue weighted by molar-refractivity contribution is 7.14. The van der Waals surface area contributed by atoms with E-state index in [1.54, 1.807) is 0 Å². The lowest BCUT2D eigenvalue weighted by atomic mass is 10.1. The normalized spacial score (nSPS) is 11.6. The van der Waals surface area contributed by atoms with Crippen molar-refractivity contribution < 1.29 is 4.74 Å². The Morgan fingerprint density at radius 1 is 1.15 bits per heavy atom. The van der Waals surface area contributed by atoms with Gasteiger partial charge in [-0.3, -0.25) is 4.79 Å². The molecule has 2 aromatic heterocycles. The molecule has 0 saturated heterocycles. The molecule has 0 amide bonds. The van der Waals surface area contributed by atoms with Crippen molar-refractivity contribution >= 4 is 22.9 Å². The molecule has 0 atom stereocenters. The fourth-order valence-corrected chi connectivity index (χ4v) is 3.59. The van der Waals surface area contributed by atoms with Gasteiger partial charge in [0.05, 0.1) is 11.7 Å². The number of ether oxygens (including phenoxy) is 1. The number of nitrogens with zero attached hydrogens (tertiary/aromatic N) is 4. The maximum absolute atomic E-state index is 12.4. The van der Waals surface area contributed by atoms with Gasteiger partial charge in [0.2, 0.25) is 0 Å². The van der Waals surface area contributed by atoms with Crippen molar-refractivity contribution in [2.75, 3.05) is 0 Å². The summed E-state index contributed by atoms with van der Waals surface area (Å²) in [5.41, 5.74) is 2.54. The SMILES string of the molecule is Cc1cc(C)cc(-c2nnc(COc3cnn(C(C)(C)C)c(=O)c3Cl)s2)c1. The summed E-state index contributed by atoms with van der Waals surface area (Å²) < 4.78 is 7.01. The van der Waals surface area contributed by atoms with Crippen molar-refractivity contribution in [3.63, 3.8) is 0 Å². The van der Waals surface area contributed by atoms with Crippen molar-refractivity contribution in [3.05, 3.63) is 55.9 Å². The fourth-order valence-electron chi connectivity index (χ4n) is 2.66. The van der Waals surface area contributed by atoms with Gasteiger partial charge in [-0.1, -0.05) is 40.1 Å². The van der Waals surface area contributed by atoms with E-state index < -0.39 is 5.54 Å². The summed E-state index contributed by atoms with van der Waals surface area (Å²) in [6, 6.07) is 6.26. The van der Waals surface area contributed by atoms with E-state index in [-0.39, 0.29) is 22.9 Å². The van der Waals surface area contributed by atoms with Crippen LogP contribution in [0.2, 0.25) is 5.02 Å². The average molecular weight is 405 g/mol. The number of halogens is 1. The third-order valence-corrected chi connectivity index (χ3v) is 5.10. The molecule has 3 aromatic rings. The Hall–Kier alpha value is -2.25. The molecule has 0 aliphatic rings. The van der Waals surface area contributed by atoms with Crippen LogP contribution < -0.4 is 10.3 Å². The fraction of sp³-hybridized carbons (Fsp3) is 0.368. The summed E-state index contributed by atoms with van der Waals surface area (Å²) in [6.07, 6.45) is 1.46. The van der Waals surface area contributed by atoms with E-state index in [4.69, 9.17) is 16.3 Å². The summed E-state index contributed by atoms with van der Waals surface area (Å²) in [4.78, 5) is 12.4. The number of aryl methyl sites for hydroxylation is 2. The van der Waals surface area contributed by atoms with E-state index in [1.807, 2.05) is 20.8 Å². The Kier molecular flexibility index (Phi) is 5.35. The lowest BCUT2D eigenvalue weighted by molar-refractivity contribution is 0.291. The maximum atomic E-state index is 12.4. The summed E-state index contributed by atoms with van der Waals surface area (Å²) in [5.74, 6) is 0.241. The predicted molar refractivity (Wildman–Crippen MR) is 108 cm³/mol. The third-order valence-electron chi connectivity index (χ3n) is 3.81. The molecular formula is C19H21ClN4O2S. The zero-order valence-electron chi connectivity index (χ0n) is 15.9. The Morgan fingerprint density at radius 3 is 2.44 bits per heavy atom. The molecule has 3 rings (SSSR count). The molecule has 27 heavy (non-hydrogen) atoms. The van der Waals surface area contributed by atoms with Crippen LogP contribution in [0.1, 0.15) is 36.9 Å². The van der Waals surface area contributed by atoms with E-state index in [0.717, 1.165) is 10.6 Å². The molecule has 0 aliphatic carbocycles. The van der Waals surface area contributed by atoms with Crippen molar-refractivity contribution in [2.24, 2.45) is 0 Å². The highest BCUT2D eigenvalue weighted by atomic mass is 35.5. The van der Waals surface area contributed by atoms with Crippen molar-refractivity contribution in [1.82, 2.24) is 20.0 Å². The summed E-state index contributed by atoms with van der Waals surface area (Å²) in [5, 5.41) is 14.1. The standard InChI is InChI=1S/C19H21ClN4O2S/c1-11-6-12(2)8-13(7-11)17-23-22-15(27-17)10-26-14-9-21-24(19(3,4)5)18(25)16(14)20/h6-9H,10H2,1-5H3. The van der Waals surface area contributed by atoms with Crippen LogP contribution in [0.3, 0.4) is 0 Å². The molecule has 6 nitrogen and oxygen atoms in total. The van der Waals surface area contributed by atoms with Crippen molar-refractivity contribution in [1.29, 1.82) is 0 Å². The van der Waals surface area contributed by atoms with Crippen molar-refractivity contribution in [3.8, 4) is 16.3 Å². The zero-order valence-corrected chi connectivity index (χ0v) is 17.5. The van der Waals surface area contributed by atoms with Crippen LogP contribution in [0.25, 0.3) is 10.6 Å². The van der Waals surface area contributed by atoms with E-state index in [1.165, 1.54) is 33.3 Å². The zero-order chi connectivity index (χ0) is 19.8. The van der Waals surface area contributed by atoms with E-state index >= 15 is 0 Å². The van der Waals surface area contributed by atoms with Gasteiger partial charge in [0.15, 0.2) is 15.8 Å². The first kappa shape index (κ1) is 19.5. The highest BCUT2D eigenvalue weighted by Crippen LogP contribution is 2.27. The van der Waals surface area contributed by atoms with Gasteiger partial charge in [0.1, 0.15) is 11.6 Å². The van der Waals surface area contributed by atoms with Gasteiger partial charge in [-0.15, -0.1) is 10.2 Å². The predicted octanol–water partition coefficient (Wildman–Crippen LogP) is 4.37. The van der Waals surface area contributed by atoms with Crippen molar-refractivity contribution in [2.45, 2.75) is 46.8 Å². The maximum Gasteiger partial charge on any atom is 0.289 e. The summed E-state index contributed by atoms with van der Waals surface area (Å²) >= 11 is 7.62. The molecule has 0 fully saturated rings. The lowest BCUT2D eigenvalue weighted by Crippen LogP contribution is -2.36. The van der Waals surface area contributed by atoms with Gasteiger partial charge in [0, 0.05) is 5.56 Å². The van der Waals surface area contributed by atoms with Crippen LogP contribution in [0, 0.1) is 13.8 Å². The lowest BCUT2D eigenvalue weighted by Gasteiger charge is -2.21. The van der Waals surface area contributed by atoms with Crippen LogP contribution in [-0.2, 0) is 12.1 Å². The van der Waals surface area contributed by atoms with Gasteiger partial charge in [-0.05, 0) is 46.8 Å². The minimum atomic E-state index is -0.459. The second kappa shape index (κ2) is 7.40. The molecular weight excluding hydrogens is 384 g/mol. The van der Waals surface area contributed by atoms with Crippen LogP contribution in [0.15, 0.2) is 29.2 Å². The number of aromatic nitrogens is 4. The minimum Gasteiger partial charge on any atom is -0.483 e. The van der Waals surface area contributed by atoms with Gasteiger partial charge in [-0.25, -0.2) is 4.68 Å². The highest BCUT2D eigenvalue weighted by Gasteiger charge is 2.20. The quantitative estimate of drug-likeness (QED) is 0.645. The van der Waals surface area contributed by atoms with Crippen LogP contribution >= 0.6 is 22.9 Å². The second-order valence-corrected chi connectivity index (χ2v) is 8.82. The first-order chi connectivity index (χ1) is 12.6. The molecule has 0 bridgehead atoms. The first-order valence-corrected chi connectivity index (χ1v) is 9.67. The molecule has 0 aliphatic heterocycles. The molecule has 142 valence electrons. The van der Waals surface area contributed by atoms with Gasteiger partial charge < -0.3 is 4.74 Å². The molecule has 0 saturated carbocycles. The third kappa shape index (κ3) is 4.36. The van der Waals surface area contributed by atoms with Crippen LogP contribution in [0.5, 0.6) is 5.75 Å². The number of rotatable bonds is 4. The van der Waals surface area contributed by atoms with E-state index in [2.05, 4.69) is 47.3 Å². The van der Waals surface area contributed by atoms with E-state index in [9.17, 15) is 4.79 Å². The Morgan fingerprint density at radius 2 is 1.81 bits per heavy atom. The van der Waals surface area contributed by atoms with Gasteiger partial charge in [-0.2, -0.15) is 5.10 Å². The molecule has 0 unspecified atom stereocenters. The molecule has 0 N–H and O–H groups in total.